The average molecular weight is 409 g/mol. The number of thiophene rings is 1. The van der Waals surface area contributed by atoms with Gasteiger partial charge in [0.05, 0.1) is 11.6 Å². The summed E-state index contributed by atoms with van der Waals surface area (Å²) in [5.74, 6) is 0.833. The lowest BCUT2D eigenvalue weighted by molar-refractivity contribution is 0.0761. The van der Waals surface area contributed by atoms with Gasteiger partial charge in [-0.05, 0) is 62.9 Å². The Morgan fingerprint density at radius 3 is 2.83 bits per heavy atom. The second-order valence-electron chi connectivity index (χ2n) is 5.90. The first-order valence-electron chi connectivity index (χ1n) is 8.03. The molecular weight excluding hydrogens is 388 g/mol. The van der Waals surface area contributed by atoms with E-state index in [1.54, 1.807) is 18.4 Å². The summed E-state index contributed by atoms with van der Waals surface area (Å²) in [6, 6.07) is 7.68. The maximum Gasteiger partial charge on any atom is 0.253 e. The van der Waals surface area contributed by atoms with Crippen molar-refractivity contribution in [2.75, 3.05) is 33.3 Å². The highest BCUT2D eigenvalue weighted by Gasteiger charge is 2.21. The molecule has 0 spiro atoms. The Kier molecular flexibility index (Phi) is 5.92. The second-order valence-corrected chi connectivity index (χ2v) is 7.54. The molecule has 1 aliphatic heterocycles. The van der Waals surface area contributed by atoms with Crippen LogP contribution in [-0.2, 0) is 6.54 Å². The Morgan fingerprint density at radius 2 is 2.12 bits per heavy atom. The first kappa shape index (κ1) is 17.5. The number of rotatable bonds is 4. The second kappa shape index (κ2) is 8.14. The van der Waals surface area contributed by atoms with Crippen molar-refractivity contribution < 1.29 is 9.53 Å². The van der Waals surface area contributed by atoms with Crippen molar-refractivity contribution in [1.29, 1.82) is 0 Å². The number of ether oxygens (including phenoxy) is 1. The zero-order valence-corrected chi connectivity index (χ0v) is 16.1. The van der Waals surface area contributed by atoms with Crippen molar-refractivity contribution in [3.05, 3.63) is 50.6 Å². The summed E-state index contributed by atoms with van der Waals surface area (Å²) in [7, 11) is 1.62. The summed E-state index contributed by atoms with van der Waals surface area (Å²) < 4.78 is 6.04. The lowest BCUT2D eigenvalue weighted by Crippen LogP contribution is -2.35. The molecule has 0 unspecified atom stereocenters. The molecule has 3 rings (SSSR count). The minimum atomic E-state index is 0.0933. The normalized spacial score (nSPS) is 16.0. The molecule has 4 nitrogen and oxygen atoms in total. The van der Waals surface area contributed by atoms with E-state index in [1.807, 2.05) is 23.1 Å². The molecule has 0 saturated carbocycles. The van der Waals surface area contributed by atoms with Crippen LogP contribution in [0.25, 0.3) is 0 Å². The van der Waals surface area contributed by atoms with Crippen LogP contribution in [-0.4, -0.2) is 49.0 Å². The number of carbonyl (C=O) groups is 1. The molecule has 0 aliphatic carbocycles. The minimum Gasteiger partial charge on any atom is -0.496 e. The van der Waals surface area contributed by atoms with Gasteiger partial charge in [0.15, 0.2) is 0 Å². The number of amides is 1. The monoisotopic (exact) mass is 408 g/mol. The first-order chi connectivity index (χ1) is 11.7. The molecule has 0 radical (unpaired) electrons. The molecule has 0 N–H and O–H groups in total. The molecule has 1 aromatic heterocycles. The van der Waals surface area contributed by atoms with Gasteiger partial charge in [0.2, 0.25) is 0 Å². The molecule has 1 saturated heterocycles. The van der Waals surface area contributed by atoms with Gasteiger partial charge in [-0.1, -0.05) is 0 Å². The number of benzene rings is 1. The number of hydrogen-bond donors (Lipinski definition) is 0. The third-order valence-corrected chi connectivity index (χ3v) is 5.61. The third kappa shape index (κ3) is 4.18. The predicted octanol–water partition coefficient (Wildman–Crippen LogP) is 3.87. The summed E-state index contributed by atoms with van der Waals surface area (Å²) in [4.78, 5) is 17.2. The predicted molar refractivity (Wildman–Crippen MR) is 101 cm³/mol. The van der Waals surface area contributed by atoms with E-state index in [0.717, 1.165) is 49.4 Å². The van der Waals surface area contributed by atoms with Gasteiger partial charge in [-0.25, -0.2) is 0 Å². The van der Waals surface area contributed by atoms with Crippen LogP contribution in [0.5, 0.6) is 5.75 Å². The van der Waals surface area contributed by atoms with Crippen molar-refractivity contribution in [2.24, 2.45) is 0 Å². The summed E-state index contributed by atoms with van der Waals surface area (Å²) >= 11 is 5.19. The minimum absolute atomic E-state index is 0.0933. The summed E-state index contributed by atoms with van der Waals surface area (Å²) in [5.41, 5.74) is 2.06. The Bertz CT molecular complexity index is 690. The van der Waals surface area contributed by atoms with Gasteiger partial charge in [0, 0.05) is 38.3 Å². The smallest absolute Gasteiger partial charge is 0.253 e. The van der Waals surface area contributed by atoms with Gasteiger partial charge in [-0.2, -0.15) is 11.3 Å². The van der Waals surface area contributed by atoms with Crippen molar-refractivity contribution in [3.63, 3.8) is 0 Å². The van der Waals surface area contributed by atoms with Crippen molar-refractivity contribution in [2.45, 2.75) is 13.0 Å². The molecule has 1 amide bonds. The average Bonchev–Trinajstić information content (AvgIpc) is 2.98. The van der Waals surface area contributed by atoms with Gasteiger partial charge >= 0.3 is 0 Å². The Balaban J connectivity index is 1.62. The van der Waals surface area contributed by atoms with Crippen LogP contribution in [0.2, 0.25) is 0 Å². The number of carbonyl (C=O) groups excluding carboxylic acids is 1. The Morgan fingerprint density at radius 1 is 1.25 bits per heavy atom. The van der Waals surface area contributed by atoms with Crippen LogP contribution in [0, 0.1) is 0 Å². The van der Waals surface area contributed by atoms with Gasteiger partial charge in [-0.15, -0.1) is 0 Å². The van der Waals surface area contributed by atoms with Crippen molar-refractivity contribution in [3.8, 4) is 5.75 Å². The molecule has 1 aromatic carbocycles. The molecule has 128 valence electrons. The zero-order chi connectivity index (χ0) is 16.9. The van der Waals surface area contributed by atoms with Gasteiger partial charge in [0.1, 0.15) is 5.75 Å². The van der Waals surface area contributed by atoms with Crippen LogP contribution < -0.4 is 4.74 Å². The van der Waals surface area contributed by atoms with Crippen LogP contribution in [0.1, 0.15) is 22.3 Å². The Labute approximate surface area is 155 Å². The molecule has 0 atom stereocenters. The lowest BCUT2D eigenvalue weighted by atomic mass is 10.2. The highest BCUT2D eigenvalue weighted by Crippen LogP contribution is 2.26. The number of halogens is 1. The fraction of sp³-hybridized carbons (Fsp3) is 0.389. The summed E-state index contributed by atoms with van der Waals surface area (Å²) in [5, 5.41) is 4.31. The molecule has 2 aromatic rings. The lowest BCUT2D eigenvalue weighted by Gasteiger charge is -2.22. The molecule has 0 bridgehead atoms. The van der Waals surface area contributed by atoms with Crippen LogP contribution in [0.3, 0.4) is 0 Å². The topological polar surface area (TPSA) is 32.8 Å². The van der Waals surface area contributed by atoms with E-state index in [9.17, 15) is 4.79 Å². The van der Waals surface area contributed by atoms with E-state index in [4.69, 9.17) is 4.74 Å². The first-order valence-corrected chi connectivity index (χ1v) is 9.77. The largest absolute Gasteiger partial charge is 0.496 e. The summed E-state index contributed by atoms with van der Waals surface area (Å²) in [6.45, 7) is 4.50. The van der Waals surface area contributed by atoms with E-state index < -0.39 is 0 Å². The van der Waals surface area contributed by atoms with Crippen LogP contribution in [0.4, 0.5) is 0 Å². The SMILES string of the molecule is COc1ccc(C(=O)N2CCCN(Cc3ccsc3)CC2)cc1Br. The van der Waals surface area contributed by atoms with E-state index >= 15 is 0 Å². The highest BCUT2D eigenvalue weighted by atomic mass is 79.9. The van der Waals surface area contributed by atoms with Crippen molar-refractivity contribution >= 4 is 33.2 Å². The highest BCUT2D eigenvalue weighted by molar-refractivity contribution is 9.10. The number of nitrogens with zero attached hydrogens (tertiary/aromatic N) is 2. The van der Waals surface area contributed by atoms with E-state index in [2.05, 4.69) is 37.7 Å². The third-order valence-electron chi connectivity index (χ3n) is 4.26. The molecule has 2 heterocycles. The maximum atomic E-state index is 12.8. The van der Waals surface area contributed by atoms with E-state index in [-0.39, 0.29) is 5.91 Å². The van der Waals surface area contributed by atoms with Gasteiger partial charge in [-0.3, -0.25) is 9.69 Å². The standard InChI is InChI=1S/C18H21BrN2O2S/c1-23-17-4-3-15(11-16(17)19)18(22)21-7-2-6-20(8-9-21)12-14-5-10-24-13-14/h3-5,10-11,13H,2,6-9,12H2,1H3. The fourth-order valence-electron chi connectivity index (χ4n) is 2.95. The molecular formula is C18H21BrN2O2S. The Hall–Kier alpha value is -1.37. The zero-order valence-electron chi connectivity index (χ0n) is 13.7. The quantitative estimate of drug-likeness (QED) is 0.769. The van der Waals surface area contributed by atoms with E-state index in [1.165, 1.54) is 5.56 Å². The number of methoxy groups -OCH3 is 1. The van der Waals surface area contributed by atoms with E-state index in [0.29, 0.717) is 5.56 Å². The van der Waals surface area contributed by atoms with Gasteiger partial charge < -0.3 is 9.64 Å². The van der Waals surface area contributed by atoms with Crippen LogP contribution >= 0.6 is 27.3 Å². The molecule has 1 fully saturated rings. The summed E-state index contributed by atoms with van der Waals surface area (Å²) in [6.07, 6.45) is 1.01. The molecule has 1 aliphatic rings. The maximum absolute atomic E-state index is 12.8. The van der Waals surface area contributed by atoms with Crippen LogP contribution in [0.15, 0.2) is 39.5 Å². The molecule has 6 heteroatoms. The van der Waals surface area contributed by atoms with Gasteiger partial charge in [0.25, 0.3) is 5.91 Å². The fourth-order valence-corrected chi connectivity index (χ4v) is 4.16. The molecule has 24 heavy (non-hydrogen) atoms. The number of hydrogen-bond acceptors (Lipinski definition) is 4. The van der Waals surface area contributed by atoms with Crippen molar-refractivity contribution in [1.82, 2.24) is 9.80 Å².